The molecular weight excluding hydrogens is 763 g/mol. The van der Waals surface area contributed by atoms with Gasteiger partial charge in [0.25, 0.3) is 0 Å². The van der Waals surface area contributed by atoms with Crippen LogP contribution in [-0.4, -0.2) is 0 Å². The van der Waals surface area contributed by atoms with E-state index in [2.05, 4.69) is 192 Å². The van der Waals surface area contributed by atoms with Gasteiger partial charge in [0.1, 0.15) is 21.1 Å². The highest BCUT2D eigenvalue weighted by atomic mass is 14.9. The Morgan fingerprint density at radius 1 is 0.429 bits per heavy atom. The molecule has 0 bridgehead atoms. The maximum Gasteiger partial charge on any atom is 0.212 e. The molecule has 6 rings (SSSR count). The summed E-state index contributed by atoms with van der Waals surface area (Å²) >= 11 is 0. The Hall–Kier alpha value is -4.89. The van der Waals surface area contributed by atoms with E-state index in [1.165, 1.54) is 44.6 Å². The lowest BCUT2D eigenvalue weighted by Gasteiger charge is -2.29. The summed E-state index contributed by atoms with van der Waals surface area (Å²) in [5.41, 5.74) is 18.4. The van der Waals surface area contributed by atoms with Crippen molar-refractivity contribution in [1.29, 1.82) is 0 Å². The molecular formula is C60H84N3+3. The molecule has 0 fully saturated rings. The van der Waals surface area contributed by atoms with Crippen LogP contribution in [0, 0.1) is 41.4 Å². The van der Waals surface area contributed by atoms with Crippen LogP contribution in [0.2, 0.25) is 0 Å². The van der Waals surface area contributed by atoms with Crippen LogP contribution in [0.25, 0.3) is 33.8 Å². The average molecular weight is 853 g/mol. The number of aromatic nitrogens is 3. The molecule has 6 aromatic rings. The lowest BCUT2D eigenvalue weighted by atomic mass is 9.75. The first-order valence-corrected chi connectivity index (χ1v) is 22.9. The summed E-state index contributed by atoms with van der Waals surface area (Å²) < 4.78 is 51.9. The minimum Gasteiger partial charge on any atom is -0.201 e. The highest BCUT2D eigenvalue weighted by Gasteiger charge is 2.31. The second-order valence-corrected chi connectivity index (χ2v) is 21.3. The summed E-state index contributed by atoms with van der Waals surface area (Å²) in [5.74, 6) is 0. The van der Waals surface area contributed by atoms with E-state index in [0.29, 0.717) is 11.1 Å². The molecule has 3 heterocycles. The number of benzene rings is 3. The zero-order valence-corrected chi connectivity index (χ0v) is 42.6. The molecule has 3 heteroatoms. The molecule has 3 aromatic heterocycles. The van der Waals surface area contributed by atoms with E-state index in [4.69, 9.17) is 8.22 Å². The number of pyridine rings is 3. The number of hydrogen-bond donors (Lipinski definition) is 0. The SMILES string of the molecule is Cc1ccccc1-c1cc(C(C)(C)C)c(C(C)(C)C)c[n+]1C.[2H]C([2H])([2H])c1ccc(-c2cc(C)c(C(C)(C)C)c[n+]2C)c(C)c1.[2H]C([2H])([2H])c1ccc(-c2ccc(C(C)(CC)CC)c[n+]2C)c(C)c1. The van der Waals surface area contributed by atoms with E-state index in [0.717, 1.165) is 46.5 Å². The fourth-order valence-electron chi connectivity index (χ4n) is 8.60. The molecule has 3 nitrogen and oxygen atoms in total. The average Bonchev–Trinajstić information content (AvgIpc) is 3.23. The highest BCUT2D eigenvalue weighted by molar-refractivity contribution is 5.64. The van der Waals surface area contributed by atoms with E-state index < -0.39 is 13.7 Å². The molecule has 0 amide bonds. The van der Waals surface area contributed by atoms with Gasteiger partial charge < -0.3 is 0 Å². The molecule has 0 radical (unpaired) electrons. The third-order valence-corrected chi connectivity index (χ3v) is 13.0. The Morgan fingerprint density at radius 2 is 0.873 bits per heavy atom. The lowest BCUT2D eigenvalue weighted by Crippen LogP contribution is -2.36. The molecule has 0 atom stereocenters. The second kappa shape index (κ2) is 19.9. The van der Waals surface area contributed by atoms with Gasteiger partial charge in [-0.1, -0.05) is 137 Å². The van der Waals surface area contributed by atoms with Gasteiger partial charge in [0.15, 0.2) is 18.6 Å². The third kappa shape index (κ3) is 12.2. The summed E-state index contributed by atoms with van der Waals surface area (Å²) in [4.78, 5) is 0. The van der Waals surface area contributed by atoms with Crippen molar-refractivity contribution < 1.29 is 21.9 Å². The smallest absolute Gasteiger partial charge is 0.201 e. The van der Waals surface area contributed by atoms with Crippen molar-refractivity contribution in [2.45, 2.75) is 159 Å². The van der Waals surface area contributed by atoms with Gasteiger partial charge in [-0.25, -0.2) is 13.7 Å². The number of aryl methyl sites for hydroxylation is 9. The van der Waals surface area contributed by atoms with Gasteiger partial charge in [0.05, 0.1) is 0 Å². The van der Waals surface area contributed by atoms with Gasteiger partial charge in [0.2, 0.25) is 17.1 Å². The molecule has 0 saturated heterocycles. The summed E-state index contributed by atoms with van der Waals surface area (Å²) in [6.45, 7) is 31.4. The fraction of sp³-hybridized carbons (Fsp3) is 0.450. The summed E-state index contributed by atoms with van der Waals surface area (Å²) in [6.07, 6.45) is 8.92. The van der Waals surface area contributed by atoms with Crippen molar-refractivity contribution in [3.05, 3.63) is 159 Å². The Morgan fingerprint density at radius 3 is 1.32 bits per heavy atom. The van der Waals surface area contributed by atoms with Crippen LogP contribution in [0.15, 0.2) is 104 Å². The Balaban J connectivity index is 0.000000226. The van der Waals surface area contributed by atoms with Crippen LogP contribution < -0.4 is 13.7 Å². The molecule has 3 aromatic carbocycles. The summed E-state index contributed by atoms with van der Waals surface area (Å²) in [5, 5.41) is 0. The predicted molar refractivity (Wildman–Crippen MR) is 272 cm³/mol. The topological polar surface area (TPSA) is 11.6 Å². The van der Waals surface area contributed by atoms with Crippen LogP contribution in [0.5, 0.6) is 0 Å². The van der Waals surface area contributed by atoms with E-state index in [-0.39, 0.29) is 21.7 Å². The van der Waals surface area contributed by atoms with Crippen LogP contribution in [0.4, 0.5) is 0 Å². The minimum atomic E-state index is -2.06. The van der Waals surface area contributed by atoms with Crippen molar-refractivity contribution in [3.8, 4) is 33.8 Å². The number of rotatable bonds is 6. The first kappa shape index (κ1) is 42.1. The van der Waals surface area contributed by atoms with Crippen molar-refractivity contribution in [2.75, 3.05) is 0 Å². The molecule has 0 spiro atoms. The third-order valence-electron chi connectivity index (χ3n) is 13.0. The molecule has 336 valence electrons. The molecule has 0 saturated carbocycles. The van der Waals surface area contributed by atoms with Crippen LogP contribution in [0.1, 0.15) is 160 Å². The lowest BCUT2D eigenvalue weighted by molar-refractivity contribution is -0.661. The van der Waals surface area contributed by atoms with Crippen molar-refractivity contribution >= 4 is 0 Å². The number of hydrogen-bond acceptors (Lipinski definition) is 0. The van der Waals surface area contributed by atoms with E-state index in [1.54, 1.807) is 24.3 Å². The molecule has 0 aliphatic rings. The van der Waals surface area contributed by atoms with Gasteiger partial charge >= 0.3 is 0 Å². The normalized spacial score (nSPS) is 13.8. The Bertz CT molecular complexity index is 2750. The molecule has 0 aliphatic carbocycles. The van der Waals surface area contributed by atoms with Gasteiger partial charge in [-0.2, -0.15) is 0 Å². The summed E-state index contributed by atoms with van der Waals surface area (Å²) in [6, 6.07) is 28.4. The fourth-order valence-corrected chi connectivity index (χ4v) is 8.60. The molecule has 0 unspecified atom stereocenters. The quantitative estimate of drug-likeness (QED) is 0.148. The zero-order valence-electron chi connectivity index (χ0n) is 48.6. The van der Waals surface area contributed by atoms with E-state index in [9.17, 15) is 0 Å². The highest BCUT2D eigenvalue weighted by Crippen LogP contribution is 2.36. The predicted octanol–water partition coefficient (Wildman–Crippen LogP) is 14.4. The standard InChI is InChI=1S/C21H30N.C20H28N.C19H26N/c1-15-11-9-10-12-16(15)19-13-17(20(2,3)4)18(14-22(19)8)21(5,6)7;1-7-20(5,8-2)17-10-12-19(21(6)14-17)18-11-9-15(3)13-16(18)4;1-13-8-9-16(14(2)10-13)18-11-15(3)17(12-20(18)7)19(4,5)6/h9-14H,1-8H3;9-14H,7-8H2,1-6H3;8-12H,1-7H3/q3*+1/i;3D3;1D3. The Labute approximate surface area is 393 Å². The number of nitrogens with zero attached hydrogens (tertiary/aromatic N) is 3. The zero-order chi connectivity index (χ0) is 52.4. The largest absolute Gasteiger partial charge is 0.212 e. The van der Waals surface area contributed by atoms with Crippen molar-refractivity contribution in [1.82, 2.24) is 0 Å². The first-order valence-electron chi connectivity index (χ1n) is 25.9. The van der Waals surface area contributed by atoms with Gasteiger partial charge in [-0.05, 0) is 128 Å². The molecule has 0 N–H and O–H groups in total. The monoisotopic (exact) mass is 853 g/mol. The van der Waals surface area contributed by atoms with Gasteiger partial charge in [-0.3, -0.25) is 0 Å². The molecule has 63 heavy (non-hydrogen) atoms. The Kier molecular flexibility index (Phi) is 13.3. The van der Waals surface area contributed by atoms with Crippen molar-refractivity contribution in [3.63, 3.8) is 0 Å². The first-order chi connectivity index (χ1) is 31.5. The maximum atomic E-state index is 7.55. The molecule has 0 aliphatic heterocycles. The van der Waals surface area contributed by atoms with Gasteiger partial charge in [0, 0.05) is 59.8 Å². The van der Waals surface area contributed by atoms with Crippen LogP contribution in [-0.2, 0) is 42.8 Å². The van der Waals surface area contributed by atoms with E-state index in [1.807, 2.05) is 33.0 Å². The second-order valence-electron chi connectivity index (χ2n) is 21.3. The van der Waals surface area contributed by atoms with E-state index >= 15 is 0 Å². The van der Waals surface area contributed by atoms with Gasteiger partial charge in [-0.15, -0.1) is 0 Å². The van der Waals surface area contributed by atoms with Crippen LogP contribution >= 0.6 is 0 Å². The van der Waals surface area contributed by atoms with Crippen molar-refractivity contribution in [2.24, 2.45) is 21.1 Å². The summed E-state index contributed by atoms with van der Waals surface area (Å²) in [7, 11) is 6.26. The minimum absolute atomic E-state index is 0.0978. The maximum absolute atomic E-state index is 7.55. The van der Waals surface area contributed by atoms with Crippen LogP contribution in [0.3, 0.4) is 0 Å².